The van der Waals surface area contributed by atoms with Crippen LogP contribution < -0.4 is 11.1 Å². The van der Waals surface area contributed by atoms with Gasteiger partial charge in [-0.05, 0) is 18.6 Å². The molecule has 7 heteroatoms. The molecule has 1 aromatic carbocycles. The van der Waals surface area contributed by atoms with Crippen LogP contribution in [0.15, 0.2) is 24.3 Å². The fourth-order valence-corrected chi connectivity index (χ4v) is 1.53. The van der Waals surface area contributed by atoms with Gasteiger partial charge in [0.2, 0.25) is 5.91 Å². The minimum absolute atomic E-state index is 0.0278. The van der Waals surface area contributed by atoms with Gasteiger partial charge in [-0.15, -0.1) is 0 Å². The van der Waals surface area contributed by atoms with Crippen LogP contribution in [0.2, 0.25) is 5.02 Å². The Morgan fingerprint density at radius 2 is 2.20 bits per heavy atom. The molecule has 0 spiro atoms. The maximum Gasteiger partial charge on any atom is 0.320 e. The highest BCUT2D eigenvalue weighted by Crippen LogP contribution is 2.18. The van der Waals surface area contributed by atoms with Gasteiger partial charge in [0.1, 0.15) is 11.9 Å². The number of hydrogen-bond acceptors (Lipinski definition) is 3. The molecule has 20 heavy (non-hydrogen) atoms. The van der Waals surface area contributed by atoms with Crippen molar-refractivity contribution in [1.29, 1.82) is 0 Å². The molecule has 0 unspecified atom stereocenters. The minimum atomic E-state index is -1.13. The molecule has 4 N–H and O–H groups in total. The van der Waals surface area contributed by atoms with E-state index in [9.17, 15) is 14.0 Å². The van der Waals surface area contributed by atoms with Crippen LogP contribution in [-0.2, 0) is 9.59 Å². The second kappa shape index (κ2) is 7.62. The summed E-state index contributed by atoms with van der Waals surface area (Å²) in [4.78, 5) is 21.9. The first-order valence-corrected chi connectivity index (χ1v) is 6.18. The Hall–Kier alpha value is -1.92. The zero-order valence-corrected chi connectivity index (χ0v) is 11.2. The maximum absolute atomic E-state index is 13.5. The molecular weight excluding hydrogens is 287 g/mol. The van der Waals surface area contributed by atoms with Gasteiger partial charge >= 0.3 is 5.97 Å². The lowest BCUT2D eigenvalue weighted by Gasteiger charge is -2.06. The molecule has 0 aromatic heterocycles. The third-order valence-corrected chi connectivity index (χ3v) is 2.76. The molecule has 5 nitrogen and oxygen atoms in total. The Kier molecular flexibility index (Phi) is 6.14. The molecule has 0 aliphatic rings. The van der Waals surface area contributed by atoms with E-state index in [2.05, 4.69) is 5.32 Å². The largest absolute Gasteiger partial charge is 0.480 e. The van der Waals surface area contributed by atoms with Crippen LogP contribution in [-0.4, -0.2) is 29.6 Å². The van der Waals surface area contributed by atoms with E-state index in [1.807, 2.05) is 0 Å². The lowest BCUT2D eigenvalue weighted by Crippen LogP contribution is -2.34. The Labute approximate surface area is 120 Å². The number of benzene rings is 1. The van der Waals surface area contributed by atoms with Gasteiger partial charge in [0.15, 0.2) is 0 Å². The van der Waals surface area contributed by atoms with Gasteiger partial charge in [0.25, 0.3) is 0 Å². The fraction of sp³-hybridized carbons (Fsp3) is 0.231. The van der Waals surface area contributed by atoms with Crippen LogP contribution in [0.3, 0.4) is 0 Å². The highest BCUT2D eigenvalue weighted by Gasteiger charge is 2.10. The summed E-state index contributed by atoms with van der Waals surface area (Å²) in [5, 5.41) is 11.0. The molecule has 0 aliphatic heterocycles. The number of carboxylic acids is 1. The molecule has 0 saturated heterocycles. The summed E-state index contributed by atoms with van der Waals surface area (Å²) in [6.07, 6.45) is 2.54. The number of nitrogens with two attached hydrogens (primary N) is 1. The third kappa shape index (κ3) is 4.99. The standard InChI is InChI=1S/C13H14ClFN2O3/c14-9-3-1-2-8(12(9)15)4-5-11(18)17-7-6-10(16)13(19)20/h1-5,10H,6-7,16H2,(H,17,18)(H,19,20)/b5-4+/t10-/m0/s1. The topological polar surface area (TPSA) is 92.4 Å². The second-order valence-electron chi connectivity index (χ2n) is 4.00. The normalized spacial score (nSPS) is 12.3. The number of rotatable bonds is 6. The molecule has 1 rings (SSSR count). The molecule has 1 atom stereocenters. The van der Waals surface area contributed by atoms with Gasteiger partial charge < -0.3 is 16.2 Å². The summed E-state index contributed by atoms with van der Waals surface area (Å²) in [5.74, 6) is -2.20. The molecule has 0 saturated carbocycles. The summed E-state index contributed by atoms with van der Waals surface area (Å²) >= 11 is 5.60. The SMILES string of the molecule is N[C@@H](CCNC(=O)/C=C/c1cccc(Cl)c1F)C(=O)O. The number of carbonyl (C=O) groups excluding carboxylic acids is 1. The van der Waals surface area contributed by atoms with Crippen molar-refractivity contribution in [2.75, 3.05) is 6.54 Å². The summed E-state index contributed by atoms with van der Waals surface area (Å²) in [6.45, 7) is 0.120. The fourth-order valence-electron chi connectivity index (χ4n) is 1.35. The van der Waals surface area contributed by atoms with Crippen molar-refractivity contribution in [3.63, 3.8) is 0 Å². The minimum Gasteiger partial charge on any atom is -0.480 e. The zero-order valence-electron chi connectivity index (χ0n) is 10.5. The highest BCUT2D eigenvalue weighted by molar-refractivity contribution is 6.30. The zero-order chi connectivity index (χ0) is 15.1. The molecule has 0 heterocycles. The first-order chi connectivity index (χ1) is 9.41. The molecular formula is C13H14ClFN2O3. The first kappa shape index (κ1) is 16.1. The number of hydrogen-bond donors (Lipinski definition) is 3. The van der Waals surface area contributed by atoms with Crippen LogP contribution >= 0.6 is 11.6 Å². The number of carboxylic acid groups (broad SMARTS) is 1. The number of nitrogens with one attached hydrogen (secondary N) is 1. The van der Waals surface area contributed by atoms with Crippen molar-refractivity contribution in [2.45, 2.75) is 12.5 Å². The Balaban J connectivity index is 2.48. The summed E-state index contributed by atoms with van der Waals surface area (Å²) in [7, 11) is 0. The van der Waals surface area contributed by atoms with E-state index in [4.69, 9.17) is 22.4 Å². The van der Waals surface area contributed by atoms with E-state index in [-0.39, 0.29) is 23.6 Å². The molecule has 0 fully saturated rings. The lowest BCUT2D eigenvalue weighted by molar-refractivity contribution is -0.138. The quantitative estimate of drug-likeness (QED) is 0.693. The van der Waals surface area contributed by atoms with Crippen LogP contribution in [0, 0.1) is 5.82 Å². The van der Waals surface area contributed by atoms with Crippen molar-refractivity contribution < 1.29 is 19.1 Å². The predicted molar refractivity (Wildman–Crippen MR) is 73.7 cm³/mol. The Morgan fingerprint density at radius 1 is 1.50 bits per heavy atom. The smallest absolute Gasteiger partial charge is 0.320 e. The Morgan fingerprint density at radius 3 is 2.85 bits per heavy atom. The van der Waals surface area contributed by atoms with Gasteiger partial charge in [-0.3, -0.25) is 9.59 Å². The van der Waals surface area contributed by atoms with E-state index in [0.29, 0.717) is 0 Å². The lowest BCUT2D eigenvalue weighted by atomic mass is 10.2. The van der Waals surface area contributed by atoms with Crippen molar-refractivity contribution >= 4 is 29.6 Å². The van der Waals surface area contributed by atoms with E-state index in [1.54, 1.807) is 6.07 Å². The van der Waals surface area contributed by atoms with E-state index in [1.165, 1.54) is 18.2 Å². The van der Waals surface area contributed by atoms with E-state index in [0.717, 1.165) is 6.08 Å². The van der Waals surface area contributed by atoms with Crippen LogP contribution in [0.1, 0.15) is 12.0 Å². The van der Waals surface area contributed by atoms with Crippen molar-refractivity contribution in [3.8, 4) is 0 Å². The van der Waals surface area contributed by atoms with Gasteiger partial charge in [0, 0.05) is 18.2 Å². The Bertz CT molecular complexity index is 534. The van der Waals surface area contributed by atoms with Crippen molar-refractivity contribution in [1.82, 2.24) is 5.32 Å². The molecule has 1 amide bonds. The second-order valence-corrected chi connectivity index (χ2v) is 4.41. The molecule has 0 radical (unpaired) electrons. The number of aliphatic carboxylic acids is 1. The molecule has 0 bridgehead atoms. The van der Waals surface area contributed by atoms with Gasteiger partial charge in [-0.25, -0.2) is 4.39 Å². The average Bonchev–Trinajstić information content (AvgIpc) is 2.40. The number of halogens is 2. The molecule has 0 aliphatic carbocycles. The van der Waals surface area contributed by atoms with E-state index < -0.39 is 23.7 Å². The van der Waals surface area contributed by atoms with Crippen molar-refractivity contribution in [3.05, 3.63) is 40.7 Å². The summed E-state index contributed by atoms with van der Waals surface area (Å²) in [5.41, 5.74) is 5.46. The monoisotopic (exact) mass is 300 g/mol. The number of carbonyl (C=O) groups is 2. The highest BCUT2D eigenvalue weighted by atomic mass is 35.5. The van der Waals surface area contributed by atoms with Crippen LogP contribution in [0.4, 0.5) is 4.39 Å². The number of amides is 1. The van der Waals surface area contributed by atoms with Gasteiger partial charge in [-0.2, -0.15) is 0 Å². The molecule has 108 valence electrons. The first-order valence-electron chi connectivity index (χ1n) is 5.80. The summed E-state index contributed by atoms with van der Waals surface area (Å²) in [6, 6.07) is 3.42. The predicted octanol–water partition coefficient (Wildman–Crippen LogP) is 1.41. The third-order valence-electron chi connectivity index (χ3n) is 2.47. The van der Waals surface area contributed by atoms with Crippen molar-refractivity contribution in [2.24, 2.45) is 5.73 Å². The summed E-state index contributed by atoms with van der Waals surface area (Å²) < 4.78 is 13.5. The maximum atomic E-state index is 13.5. The average molecular weight is 301 g/mol. The van der Waals surface area contributed by atoms with Gasteiger partial charge in [0.05, 0.1) is 5.02 Å². The van der Waals surface area contributed by atoms with Crippen LogP contribution in [0.25, 0.3) is 6.08 Å². The van der Waals surface area contributed by atoms with Crippen LogP contribution in [0.5, 0.6) is 0 Å². The molecule has 1 aromatic rings. The van der Waals surface area contributed by atoms with E-state index >= 15 is 0 Å². The van der Waals surface area contributed by atoms with Gasteiger partial charge in [-0.1, -0.05) is 23.7 Å².